The van der Waals surface area contributed by atoms with Crippen LogP contribution in [0.5, 0.6) is 0 Å². The van der Waals surface area contributed by atoms with Crippen molar-refractivity contribution in [1.82, 2.24) is 10.3 Å². The number of aromatic nitrogens is 1. The molecule has 0 aliphatic carbocycles. The Hall–Kier alpha value is -2.40. The Bertz CT molecular complexity index is 845. The normalized spacial score (nSPS) is 12.2. The third-order valence-electron chi connectivity index (χ3n) is 4.36. The third kappa shape index (κ3) is 4.37. The van der Waals surface area contributed by atoms with Crippen molar-refractivity contribution >= 4 is 35.3 Å². The smallest absolute Gasteiger partial charge is 0.220 e. The molecule has 0 saturated heterocycles. The van der Waals surface area contributed by atoms with Gasteiger partial charge >= 0.3 is 0 Å². The molecule has 0 saturated carbocycles. The van der Waals surface area contributed by atoms with Gasteiger partial charge in [-0.25, -0.2) is 0 Å². The van der Waals surface area contributed by atoms with Gasteiger partial charge in [-0.05, 0) is 24.5 Å². The zero-order valence-electron chi connectivity index (χ0n) is 14.0. The van der Waals surface area contributed by atoms with Gasteiger partial charge in [0.15, 0.2) is 0 Å². The third-order valence-corrected chi connectivity index (χ3v) is 4.80. The lowest BCUT2D eigenvalue weighted by Crippen LogP contribution is -2.37. The van der Waals surface area contributed by atoms with Crippen LogP contribution in [0.3, 0.4) is 0 Å². The molecule has 4 nitrogen and oxygen atoms in total. The van der Waals surface area contributed by atoms with Crippen LogP contribution in [0.4, 0.5) is 5.82 Å². The summed E-state index contributed by atoms with van der Waals surface area (Å²) in [6.07, 6.45) is 1.81. The van der Waals surface area contributed by atoms with Crippen molar-refractivity contribution in [3.8, 4) is 0 Å². The van der Waals surface area contributed by atoms with Gasteiger partial charge in [-0.2, -0.15) is 12.6 Å². The number of H-pyrrole nitrogens is 1. The van der Waals surface area contributed by atoms with E-state index in [-0.39, 0.29) is 11.9 Å². The van der Waals surface area contributed by atoms with Crippen molar-refractivity contribution in [1.29, 1.82) is 0 Å². The van der Waals surface area contributed by atoms with E-state index in [9.17, 15) is 4.79 Å². The zero-order valence-corrected chi connectivity index (χ0v) is 14.9. The van der Waals surface area contributed by atoms with E-state index in [1.165, 1.54) is 5.56 Å². The van der Waals surface area contributed by atoms with Crippen molar-refractivity contribution in [2.75, 3.05) is 11.5 Å². The molecule has 1 atom stereocenters. The number of benzene rings is 2. The van der Waals surface area contributed by atoms with E-state index in [1.807, 2.05) is 42.5 Å². The molecule has 4 N–H and O–H groups in total. The lowest BCUT2D eigenvalue weighted by molar-refractivity contribution is -0.121. The number of aromatic amines is 1. The highest BCUT2D eigenvalue weighted by molar-refractivity contribution is 7.80. The molecule has 0 bridgehead atoms. The summed E-state index contributed by atoms with van der Waals surface area (Å²) in [5, 5.41) is 4.16. The number of carbonyl (C=O) groups excluding carboxylic acids is 1. The Morgan fingerprint density at radius 1 is 1.12 bits per heavy atom. The largest absolute Gasteiger partial charge is 0.385 e. The number of hydrogen-bond donors (Lipinski definition) is 4. The fraction of sp³-hybridized carbons (Fsp3) is 0.250. The van der Waals surface area contributed by atoms with Crippen LogP contribution < -0.4 is 11.1 Å². The Morgan fingerprint density at radius 3 is 2.60 bits per heavy atom. The van der Waals surface area contributed by atoms with Gasteiger partial charge in [0.25, 0.3) is 0 Å². The van der Waals surface area contributed by atoms with E-state index in [0.717, 1.165) is 22.9 Å². The number of fused-ring (bicyclic) bond motifs is 1. The lowest BCUT2D eigenvalue weighted by atomic mass is 10.1. The highest BCUT2D eigenvalue weighted by Gasteiger charge is 2.14. The highest BCUT2D eigenvalue weighted by atomic mass is 32.1. The molecule has 5 heteroatoms. The molecule has 0 radical (unpaired) electrons. The first-order chi connectivity index (χ1) is 12.2. The molecular weight excluding hydrogens is 330 g/mol. The Kier molecular flexibility index (Phi) is 5.66. The van der Waals surface area contributed by atoms with Gasteiger partial charge in [0.05, 0.1) is 0 Å². The lowest BCUT2D eigenvalue weighted by Gasteiger charge is -2.16. The standard InChI is InChI=1S/C20H23N3OS/c21-20-17(16-8-4-5-9-18(16)23-20)10-11-19(24)22-15(13-25)12-14-6-2-1-3-7-14/h1-9,15,23,25H,10-13,21H2,(H,22,24). The number of rotatable bonds is 7. The first kappa shape index (κ1) is 17.4. The summed E-state index contributed by atoms with van der Waals surface area (Å²) in [5.74, 6) is 1.28. The summed E-state index contributed by atoms with van der Waals surface area (Å²) in [6, 6.07) is 18.1. The number of nitrogens with one attached hydrogen (secondary N) is 2. The molecule has 3 aromatic rings. The number of amides is 1. The predicted octanol–water partition coefficient (Wildman–Crippen LogP) is 3.34. The van der Waals surface area contributed by atoms with Crippen LogP contribution in [0, 0.1) is 0 Å². The van der Waals surface area contributed by atoms with Gasteiger partial charge < -0.3 is 16.0 Å². The summed E-state index contributed by atoms with van der Waals surface area (Å²) in [5.41, 5.74) is 9.28. The molecule has 1 heterocycles. The summed E-state index contributed by atoms with van der Waals surface area (Å²) < 4.78 is 0. The van der Waals surface area contributed by atoms with Crippen molar-refractivity contribution in [2.45, 2.75) is 25.3 Å². The molecule has 0 spiro atoms. The molecule has 25 heavy (non-hydrogen) atoms. The number of nitrogen functional groups attached to an aromatic ring is 1. The SMILES string of the molecule is Nc1[nH]c2ccccc2c1CCC(=O)NC(CS)Cc1ccccc1. The van der Waals surface area contributed by atoms with Crippen molar-refractivity contribution in [3.63, 3.8) is 0 Å². The average Bonchev–Trinajstić information content (AvgIpc) is 2.95. The Balaban J connectivity index is 1.59. The van der Waals surface area contributed by atoms with Gasteiger partial charge in [-0.1, -0.05) is 48.5 Å². The van der Waals surface area contributed by atoms with Crippen LogP contribution in [0.15, 0.2) is 54.6 Å². The van der Waals surface area contributed by atoms with E-state index >= 15 is 0 Å². The second-order valence-corrected chi connectivity index (χ2v) is 6.56. The summed E-state index contributed by atoms with van der Waals surface area (Å²) in [7, 11) is 0. The van der Waals surface area contributed by atoms with Gasteiger partial charge in [0.2, 0.25) is 5.91 Å². The van der Waals surface area contributed by atoms with E-state index in [4.69, 9.17) is 5.73 Å². The van der Waals surface area contributed by atoms with Crippen molar-refractivity contribution in [3.05, 3.63) is 65.7 Å². The van der Waals surface area contributed by atoms with E-state index in [1.54, 1.807) is 0 Å². The molecule has 3 rings (SSSR count). The second kappa shape index (κ2) is 8.12. The van der Waals surface area contributed by atoms with Crippen LogP contribution in [-0.2, 0) is 17.6 Å². The second-order valence-electron chi connectivity index (χ2n) is 6.20. The van der Waals surface area contributed by atoms with E-state index in [0.29, 0.717) is 24.4 Å². The number of thiol groups is 1. The number of carbonyl (C=O) groups is 1. The summed E-state index contributed by atoms with van der Waals surface area (Å²) in [4.78, 5) is 15.5. The van der Waals surface area contributed by atoms with Crippen LogP contribution in [-0.4, -0.2) is 22.7 Å². The minimum absolute atomic E-state index is 0.0264. The fourth-order valence-electron chi connectivity index (χ4n) is 3.09. The Morgan fingerprint density at radius 2 is 1.84 bits per heavy atom. The quantitative estimate of drug-likeness (QED) is 0.492. The van der Waals surface area contributed by atoms with Crippen LogP contribution in [0.2, 0.25) is 0 Å². The molecule has 1 unspecified atom stereocenters. The molecule has 0 aliphatic heterocycles. The minimum Gasteiger partial charge on any atom is -0.385 e. The first-order valence-corrected chi connectivity index (χ1v) is 9.10. The molecule has 1 amide bonds. The van der Waals surface area contributed by atoms with Crippen LogP contribution in [0.25, 0.3) is 10.9 Å². The molecule has 130 valence electrons. The Labute approximate surface area is 153 Å². The minimum atomic E-state index is 0.0264. The molecule has 1 aromatic heterocycles. The zero-order chi connectivity index (χ0) is 17.6. The van der Waals surface area contributed by atoms with Gasteiger partial charge in [-0.3, -0.25) is 4.79 Å². The number of nitrogens with two attached hydrogens (primary N) is 1. The maximum absolute atomic E-state index is 12.3. The number of aryl methyl sites for hydroxylation is 1. The van der Waals surface area contributed by atoms with Gasteiger partial charge in [0.1, 0.15) is 5.82 Å². The first-order valence-electron chi connectivity index (χ1n) is 8.46. The van der Waals surface area contributed by atoms with E-state index < -0.39 is 0 Å². The molecule has 0 aliphatic rings. The van der Waals surface area contributed by atoms with Crippen LogP contribution >= 0.6 is 12.6 Å². The maximum Gasteiger partial charge on any atom is 0.220 e. The predicted molar refractivity (Wildman–Crippen MR) is 107 cm³/mol. The molecule has 2 aromatic carbocycles. The summed E-state index contributed by atoms with van der Waals surface area (Å²) >= 11 is 4.37. The summed E-state index contributed by atoms with van der Waals surface area (Å²) in [6.45, 7) is 0. The average molecular weight is 353 g/mol. The van der Waals surface area contributed by atoms with Crippen molar-refractivity contribution in [2.24, 2.45) is 0 Å². The van der Waals surface area contributed by atoms with Crippen LogP contribution in [0.1, 0.15) is 17.5 Å². The highest BCUT2D eigenvalue weighted by Crippen LogP contribution is 2.25. The number of para-hydroxylation sites is 1. The molecular formula is C20H23N3OS. The van der Waals surface area contributed by atoms with Crippen molar-refractivity contribution < 1.29 is 4.79 Å². The fourth-order valence-corrected chi connectivity index (χ4v) is 3.31. The monoisotopic (exact) mass is 353 g/mol. The van der Waals surface area contributed by atoms with Gasteiger partial charge in [-0.15, -0.1) is 0 Å². The topological polar surface area (TPSA) is 70.9 Å². The molecule has 0 fully saturated rings. The number of anilines is 1. The maximum atomic E-state index is 12.3. The number of hydrogen-bond acceptors (Lipinski definition) is 3. The van der Waals surface area contributed by atoms with E-state index in [2.05, 4.69) is 35.1 Å². The van der Waals surface area contributed by atoms with Gasteiger partial charge in [0, 0.05) is 34.7 Å².